The van der Waals surface area contributed by atoms with Gasteiger partial charge in [0.05, 0.1) is 40.0 Å². The van der Waals surface area contributed by atoms with Crippen molar-refractivity contribution in [3.63, 3.8) is 0 Å². The van der Waals surface area contributed by atoms with E-state index in [1.54, 1.807) is 0 Å². The number of aromatic nitrogens is 1. The number of benzene rings is 7. The SMILES string of the molecule is CC(C)c1cc(C(C)C)c(B2c3ccccc3Sc3cc(N4c5ccccc5C5(c6ccccc6N(c6cccnc6)c6ccccc65)c5ccccc54)ccc32)c(C(C)C)c1. The maximum atomic E-state index is 4.57. The van der Waals surface area contributed by atoms with Crippen LogP contribution in [0.15, 0.2) is 186 Å². The van der Waals surface area contributed by atoms with Gasteiger partial charge in [-0.1, -0.05) is 179 Å². The fraction of sp³-hybridized carbons (Fsp3) is 0.175. The second-order valence-electron chi connectivity index (χ2n) is 18.1. The van der Waals surface area contributed by atoms with Crippen LogP contribution in [0, 0.1) is 0 Å². The lowest BCUT2D eigenvalue weighted by molar-refractivity contribution is 0.718. The number of hydrogen-bond donors (Lipinski definition) is 0. The van der Waals surface area contributed by atoms with Crippen molar-refractivity contribution in [3.05, 3.63) is 215 Å². The van der Waals surface area contributed by atoms with Crippen LogP contribution in [0.2, 0.25) is 0 Å². The Kier molecular flexibility index (Phi) is 9.32. The quantitative estimate of drug-likeness (QED) is 0.156. The van der Waals surface area contributed by atoms with Gasteiger partial charge in [0, 0.05) is 21.7 Å². The van der Waals surface area contributed by atoms with E-state index in [9.17, 15) is 0 Å². The lowest BCUT2D eigenvalue weighted by Crippen LogP contribution is -2.57. The summed E-state index contributed by atoms with van der Waals surface area (Å²) in [5.41, 5.74) is 20.1. The van der Waals surface area contributed by atoms with E-state index in [0.29, 0.717) is 17.8 Å². The number of anilines is 6. The molecule has 0 atom stereocenters. The molecule has 8 aromatic rings. The predicted molar refractivity (Wildman–Crippen MR) is 263 cm³/mol. The van der Waals surface area contributed by atoms with Gasteiger partial charge in [0.1, 0.15) is 0 Å². The molecule has 0 amide bonds. The zero-order valence-corrected chi connectivity index (χ0v) is 37.1. The molecule has 0 saturated heterocycles. The first-order chi connectivity index (χ1) is 30.3. The third-order valence-corrected chi connectivity index (χ3v) is 14.7. The van der Waals surface area contributed by atoms with Crippen LogP contribution in [-0.2, 0) is 5.41 Å². The maximum absolute atomic E-state index is 4.57. The van der Waals surface area contributed by atoms with Gasteiger partial charge in [-0.25, -0.2) is 0 Å². The summed E-state index contributed by atoms with van der Waals surface area (Å²) in [6.45, 7) is 14.3. The molecule has 3 nitrogen and oxygen atoms in total. The molecule has 62 heavy (non-hydrogen) atoms. The van der Waals surface area contributed by atoms with Gasteiger partial charge in [-0.05, 0) is 111 Å². The average Bonchev–Trinajstić information content (AvgIpc) is 3.30. The molecule has 302 valence electrons. The summed E-state index contributed by atoms with van der Waals surface area (Å²) in [5.74, 6) is 1.25. The van der Waals surface area contributed by atoms with Crippen molar-refractivity contribution >= 4 is 69.0 Å². The first-order valence-electron chi connectivity index (χ1n) is 22.2. The van der Waals surface area contributed by atoms with Gasteiger partial charge in [0.25, 0.3) is 0 Å². The minimum atomic E-state index is -0.578. The Morgan fingerprint density at radius 3 is 1.45 bits per heavy atom. The smallest absolute Gasteiger partial charge is 0.244 e. The summed E-state index contributed by atoms with van der Waals surface area (Å²) in [5, 5.41) is 0. The highest BCUT2D eigenvalue weighted by Gasteiger charge is 2.52. The van der Waals surface area contributed by atoms with Crippen molar-refractivity contribution < 1.29 is 0 Å². The second-order valence-corrected chi connectivity index (χ2v) is 19.2. The molecule has 3 aliphatic heterocycles. The normalized spacial score (nSPS) is 14.4. The number of hydrogen-bond acceptors (Lipinski definition) is 4. The third-order valence-electron chi connectivity index (χ3n) is 13.6. The molecule has 4 heterocycles. The Hall–Kier alpha value is -6.30. The zero-order chi connectivity index (χ0) is 42.3. The molecule has 0 bridgehead atoms. The van der Waals surface area contributed by atoms with E-state index in [1.165, 1.54) is 82.2 Å². The number of nitrogens with zero attached hydrogens (tertiary/aromatic N) is 3. The summed E-state index contributed by atoms with van der Waals surface area (Å²) >= 11 is 1.92. The molecule has 0 aliphatic carbocycles. The molecule has 7 aromatic carbocycles. The summed E-state index contributed by atoms with van der Waals surface area (Å²) in [6.07, 6.45) is 3.82. The number of para-hydroxylation sites is 4. The Bertz CT molecular complexity index is 2900. The summed E-state index contributed by atoms with van der Waals surface area (Å²) in [6, 6.07) is 61.9. The van der Waals surface area contributed by atoms with Crippen LogP contribution < -0.4 is 26.2 Å². The van der Waals surface area contributed by atoms with Crippen molar-refractivity contribution in [1.29, 1.82) is 0 Å². The molecule has 1 aromatic heterocycles. The van der Waals surface area contributed by atoms with Gasteiger partial charge < -0.3 is 9.80 Å². The molecule has 0 saturated carbocycles. The lowest BCUT2D eigenvalue weighted by Gasteiger charge is -2.51. The molecule has 11 rings (SSSR count). The molecular weight excluding hydrogens is 770 g/mol. The molecule has 3 aliphatic rings. The van der Waals surface area contributed by atoms with Gasteiger partial charge in [0.15, 0.2) is 0 Å². The Balaban J connectivity index is 1.13. The standard InChI is InChI=1S/C57H50BN3S/c1-36(2)39-32-42(37(3)4)56(43(33-39)38(5)6)58-48-23-11-16-28-54(48)62-55-34-40(29-30-49(55)58)60-50-24-12-7-19-44(50)57(45-20-8-13-25-51(45)60)46-21-9-14-26-52(46)61(41-18-17-31-59-35-41)53-27-15-10-22-47(53)57/h7-38H,1-6H3. The van der Waals surface area contributed by atoms with E-state index in [2.05, 4.69) is 214 Å². The molecule has 0 radical (unpaired) electrons. The van der Waals surface area contributed by atoms with Gasteiger partial charge in [-0.3, -0.25) is 4.98 Å². The monoisotopic (exact) mass is 819 g/mol. The van der Waals surface area contributed by atoms with Gasteiger partial charge >= 0.3 is 0 Å². The molecule has 0 fully saturated rings. The van der Waals surface area contributed by atoms with Crippen LogP contribution in [0.3, 0.4) is 0 Å². The first-order valence-corrected chi connectivity index (χ1v) is 23.1. The fourth-order valence-electron chi connectivity index (χ4n) is 10.9. The van der Waals surface area contributed by atoms with Crippen LogP contribution in [0.1, 0.15) is 98.2 Å². The minimum absolute atomic E-state index is 0.134. The fourth-order valence-corrected chi connectivity index (χ4v) is 12.0. The molecule has 0 N–H and O–H groups in total. The predicted octanol–water partition coefficient (Wildman–Crippen LogP) is 13.4. The topological polar surface area (TPSA) is 19.4 Å². The number of rotatable bonds is 6. The largest absolute Gasteiger partial charge is 0.310 e. The Labute approximate surface area is 371 Å². The Morgan fingerprint density at radius 1 is 0.468 bits per heavy atom. The van der Waals surface area contributed by atoms with Crippen LogP contribution >= 0.6 is 11.8 Å². The number of pyridine rings is 1. The first kappa shape index (κ1) is 38.6. The summed E-state index contributed by atoms with van der Waals surface area (Å²) < 4.78 is 0. The number of fused-ring (bicyclic) bond motifs is 10. The van der Waals surface area contributed by atoms with Gasteiger partial charge in [-0.2, -0.15) is 0 Å². The summed E-state index contributed by atoms with van der Waals surface area (Å²) in [7, 11) is 0. The second kappa shape index (κ2) is 15.0. The van der Waals surface area contributed by atoms with Crippen LogP contribution in [0.4, 0.5) is 34.1 Å². The van der Waals surface area contributed by atoms with Gasteiger partial charge in [0.2, 0.25) is 6.71 Å². The van der Waals surface area contributed by atoms with Crippen LogP contribution in [0.25, 0.3) is 0 Å². The Morgan fingerprint density at radius 2 is 0.952 bits per heavy atom. The van der Waals surface area contributed by atoms with Crippen molar-refractivity contribution in [3.8, 4) is 0 Å². The van der Waals surface area contributed by atoms with E-state index in [1.807, 2.05) is 30.2 Å². The van der Waals surface area contributed by atoms with E-state index in [-0.39, 0.29) is 6.71 Å². The van der Waals surface area contributed by atoms with Crippen molar-refractivity contribution in [1.82, 2.24) is 4.98 Å². The summed E-state index contributed by atoms with van der Waals surface area (Å²) in [4.78, 5) is 12.2. The molecule has 5 heteroatoms. The maximum Gasteiger partial charge on any atom is 0.244 e. The van der Waals surface area contributed by atoms with Crippen LogP contribution in [-0.4, -0.2) is 11.7 Å². The van der Waals surface area contributed by atoms with E-state index in [4.69, 9.17) is 0 Å². The lowest BCUT2D eigenvalue weighted by atomic mass is 9.34. The molecular formula is C57H50BN3S. The highest BCUT2D eigenvalue weighted by atomic mass is 32.2. The highest BCUT2D eigenvalue weighted by molar-refractivity contribution is 8.00. The highest BCUT2D eigenvalue weighted by Crippen LogP contribution is 2.63. The van der Waals surface area contributed by atoms with Crippen LogP contribution in [0.5, 0.6) is 0 Å². The van der Waals surface area contributed by atoms with E-state index < -0.39 is 5.41 Å². The molecule has 1 spiro atoms. The minimum Gasteiger partial charge on any atom is -0.310 e. The third kappa shape index (κ3) is 5.71. The molecule has 0 unspecified atom stereocenters. The van der Waals surface area contributed by atoms with E-state index in [0.717, 1.165) is 17.1 Å². The van der Waals surface area contributed by atoms with Gasteiger partial charge in [-0.15, -0.1) is 0 Å². The van der Waals surface area contributed by atoms with Crippen molar-refractivity contribution in [2.45, 2.75) is 74.5 Å². The average molecular weight is 820 g/mol. The van der Waals surface area contributed by atoms with Crippen molar-refractivity contribution in [2.24, 2.45) is 0 Å². The van der Waals surface area contributed by atoms with Crippen molar-refractivity contribution in [2.75, 3.05) is 9.80 Å². The zero-order valence-electron chi connectivity index (χ0n) is 36.3. The van der Waals surface area contributed by atoms with E-state index >= 15 is 0 Å².